The maximum atomic E-state index is 13.3. The third-order valence-corrected chi connectivity index (χ3v) is 2.77. The van der Waals surface area contributed by atoms with Crippen molar-refractivity contribution in [2.75, 3.05) is 17.2 Å². The van der Waals surface area contributed by atoms with Crippen LogP contribution in [0.3, 0.4) is 0 Å². The van der Waals surface area contributed by atoms with Crippen molar-refractivity contribution >= 4 is 17.3 Å². The van der Waals surface area contributed by atoms with E-state index in [1.54, 1.807) is 25.1 Å². The number of anilines is 2. The van der Waals surface area contributed by atoms with Gasteiger partial charge in [0.25, 0.3) is 0 Å². The fourth-order valence-corrected chi connectivity index (χ4v) is 1.64. The molecule has 104 valence electrons. The lowest BCUT2D eigenvalue weighted by molar-refractivity contribution is -0.114. The lowest BCUT2D eigenvalue weighted by Crippen LogP contribution is -2.22. The van der Waals surface area contributed by atoms with Crippen LogP contribution in [0, 0.1) is 18.6 Å². The molecule has 2 aromatic rings. The van der Waals surface area contributed by atoms with Crippen LogP contribution >= 0.6 is 0 Å². The van der Waals surface area contributed by atoms with E-state index in [0.29, 0.717) is 11.3 Å². The molecule has 2 N–H and O–H groups in total. The standard InChI is InChI=1S/C15H14F2N2O/c1-10-6-7-11(8-13(10)17)18-9-15(20)19-14-5-3-2-4-12(14)16/h2-8,18H,9H2,1H3,(H,19,20). The van der Waals surface area contributed by atoms with Gasteiger partial charge < -0.3 is 10.6 Å². The van der Waals surface area contributed by atoms with E-state index in [9.17, 15) is 13.6 Å². The molecule has 0 unspecified atom stereocenters. The number of hydrogen-bond acceptors (Lipinski definition) is 2. The van der Waals surface area contributed by atoms with E-state index < -0.39 is 11.7 Å². The monoisotopic (exact) mass is 276 g/mol. The predicted molar refractivity (Wildman–Crippen MR) is 74.7 cm³/mol. The van der Waals surface area contributed by atoms with Crippen molar-refractivity contribution in [1.29, 1.82) is 0 Å². The Morgan fingerprint density at radius 3 is 2.55 bits per heavy atom. The summed E-state index contributed by atoms with van der Waals surface area (Å²) in [6, 6.07) is 10.5. The van der Waals surface area contributed by atoms with E-state index >= 15 is 0 Å². The summed E-state index contributed by atoms with van der Waals surface area (Å²) in [5.41, 5.74) is 1.15. The number of amides is 1. The third-order valence-electron chi connectivity index (χ3n) is 2.77. The lowest BCUT2D eigenvalue weighted by Gasteiger charge is -2.09. The van der Waals surface area contributed by atoms with Gasteiger partial charge in [-0.1, -0.05) is 18.2 Å². The van der Waals surface area contributed by atoms with E-state index in [1.807, 2.05) is 0 Å². The van der Waals surface area contributed by atoms with Crippen molar-refractivity contribution in [1.82, 2.24) is 0 Å². The van der Waals surface area contributed by atoms with Crippen LogP contribution in [0.5, 0.6) is 0 Å². The highest BCUT2D eigenvalue weighted by molar-refractivity contribution is 5.93. The molecule has 0 atom stereocenters. The lowest BCUT2D eigenvalue weighted by atomic mass is 10.2. The normalized spacial score (nSPS) is 10.2. The van der Waals surface area contributed by atoms with Crippen LogP contribution in [0.15, 0.2) is 42.5 Å². The van der Waals surface area contributed by atoms with Gasteiger partial charge in [-0.3, -0.25) is 4.79 Å². The van der Waals surface area contributed by atoms with Crippen molar-refractivity contribution in [3.63, 3.8) is 0 Å². The zero-order chi connectivity index (χ0) is 14.5. The highest BCUT2D eigenvalue weighted by Crippen LogP contribution is 2.14. The Balaban J connectivity index is 1.92. The van der Waals surface area contributed by atoms with E-state index in [1.165, 1.54) is 24.3 Å². The number of benzene rings is 2. The SMILES string of the molecule is Cc1ccc(NCC(=O)Nc2ccccc2F)cc1F. The number of nitrogens with one attached hydrogen (secondary N) is 2. The molecule has 3 nitrogen and oxygen atoms in total. The topological polar surface area (TPSA) is 41.1 Å². The highest BCUT2D eigenvalue weighted by Gasteiger charge is 2.06. The van der Waals surface area contributed by atoms with Gasteiger partial charge in [-0.25, -0.2) is 8.78 Å². The van der Waals surface area contributed by atoms with Gasteiger partial charge in [-0.15, -0.1) is 0 Å². The van der Waals surface area contributed by atoms with Gasteiger partial charge in [0, 0.05) is 5.69 Å². The molecular formula is C15H14F2N2O. The molecular weight excluding hydrogens is 262 g/mol. The average molecular weight is 276 g/mol. The zero-order valence-corrected chi connectivity index (χ0v) is 10.9. The highest BCUT2D eigenvalue weighted by atomic mass is 19.1. The predicted octanol–water partition coefficient (Wildman–Crippen LogP) is 3.32. The summed E-state index contributed by atoms with van der Waals surface area (Å²) in [4.78, 5) is 11.7. The average Bonchev–Trinajstić information content (AvgIpc) is 2.43. The number of carbonyl (C=O) groups excluding carboxylic acids is 1. The molecule has 0 bridgehead atoms. The van der Waals surface area contributed by atoms with E-state index in [-0.39, 0.29) is 18.0 Å². The summed E-state index contributed by atoms with van der Waals surface area (Å²) in [6.07, 6.45) is 0. The fourth-order valence-electron chi connectivity index (χ4n) is 1.64. The van der Waals surface area contributed by atoms with Gasteiger partial charge in [-0.2, -0.15) is 0 Å². The summed E-state index contributed by atoms with van der Waals surface area (Å²) < 4.78 is 26.6. The van der Waals surface area contributed by atoms with E-state index in [0.717, 1.165) is 0 Å². The molecule has 20 heavy (non-hydrogen) atoms. The molecule has 0 saturated carbocycles. The Hall–Kier alpha value is -2.43. The Labute approximate surface area is 115 Å². The molecule has 5 heteroatoms. The molecule has 0 aliphatic heterocycles. The van der Waals surface area contributed by atoms with Crippen molar-refractivity contribution in [3.8, 4) is 0 Å². The third kappa shape index (κ3) is 3.54. The molecule has 0 aliphatic rings. The van der Waals surface area contributed by atoms with Crippen molar-refractivity contribution in [2.45, 2.75) is 6.92 Å². The van der Waals surface area contributed by atoms with Crippen molar-refractivity contribution < 1.29 is 13.6 Å². The minimum atomic E-state index is -0.498. The number of hydrogen-bond donors (Lipinski definition) is 2. The largest absolute Gasteiger partial charge is 0.376 e. The number of halogens is 2. The minimum Gasteiger partial charge on any atom is -0.376 e. The Morgan fingerprint density at radius 1 is 1.10 bits per heavy atom. The van der Waals surface area contributed by atoms with Gasteiger partial charge in [0.05, 0.1) is 12.2 Å². The first kappa shape index (κ1) is 14.0. The molecule has 0 fully saturated rings. The van der Waals surface area contributed by atoms with E-state index in [2.05, 4.69) is 10.6 Å². The molecule has 0 radical (unpaired) electrons. The van der Waals surface area contributed by atoms with Gasteiger partial charge in [0.15, 0.2) is 0 Å². The number of aryl methyl sites for hydroxylation is 1. The zero-order valence-electron chi connectivity index (χ0n) is 10.9. The summed E-state index contributed by atoms with van der Waals surface area (Å²) in [5.74, 6) is -1.25. The number of carbonyl (C=O) groups is 1. The van der Waals surface area contributed by atoms with Crippen LogP contribution in [-0.2, 0) is 4.79 Å². The van der Waals surface area contributed by atoms with Crippen LogP contribution in [0.25, 0.3) is 0 Å². The Kier molecular flexibility index (Phi) is 4.30. The van der Waals surface area contributed by atoms with Crippen molar-refractivity contribution in [2.24, 2.45) is 0 Å². The Bertz CT molecular complexity index is 629. The van der Waals surface area contributed by atoms with Crippen molar-refractivity contribution in [3.05, 3.63) is 59.7 Å². The number of rotatable bonds is 4. The second-order valence-corrected chi connectivity index (χ2v) is 4.35. The first-order chi connectivity index (χ1) is 9.56. The van der Waals surface area contributed by atoms with Crippen LogP contribution in [0.4, 0.5) is 20.2 Å². The molecule has 0 spiro atoms. The maximum Gasteiger partial charge on any atom is 0.243 e. The first-order valence-electron chi connectivity index (χ1n) is 6.10. The summed E-state index contributed by atoms with van der Waals surface area (Å²) >= 11 is 0. The second kappa shape index (κ2) is 6.14. The molecule has 2 aromatic carbocycles. The van der Waals surface area contributed by atoms with Crippen LogP contribution in [0.2, 0.25) is 0 Å². The van der Waals surface area contributed by atoms with Crippen LogP contribution < -0.4 is 10.6 Å². The minimum absolute atomic E-state index is 0.0726. The quantitative estimate of drug-likeness (QED) is 0.899. The summed E-state index contributed by atoms with van der Waals surface area (Å²) in [6.45, 7) is 1.58. The molecule has 1 amide bonds. The number of para-hydroxylation sites is 1. The van der Waals surface area contributed by atoms with Gasteiger partial charge in [-0.05, 0) is 36.8 Å². The van der Waals surface area contributed by atoms with Gasteiger partial charge in [0.2, 0.25) is 5.91 Å². The van der Waals surface area contributed by atoms with Crippen LogP contribution in [0.1, 0.15) is 5.56 Å². The fraction of sp³-hybridized carbons (Fsp3) is 0.133. The first-order valence-corrected chi connectivity index (χ1v) is 6.10. The maximum absolute atomic E-state index is 13.3. The summed E-state index contributed by atoms with van der Waals surface area (Å²) in [5, 5.41) is 5.21. The molecule has 0 aliphatic carbocycles. The molecule has 0 aromatic heterocycles. The van der Waals surface area contributed by atoms with Gasteiger partial charge >= 0.3 is 0 Å². The second-order valence-electron chi connectivity index (χ2n) is 4.35. The van der Waals surface area contributed by atoms with E-state index in [4.69, 9.17) is 0 Å². The molecule has 0 heterocycles. The molecule has 0 saturated heterocycles. The smallest absolute Gasteiger partial charge is 0.243 e. The van der Waals surface area contributed by atoms with Gasteiger partial charge in [0.1, 0.15) is 11.6 Å². The Morgan fingerprint density at radius 2 is 1.85 bits per heavy atom. The summed E-state index contributed by atoms with van der Waals surface area (Å²) in [7, 11) is 0. The molecule has 2 rings (SSSR count). The van der Waals surface area contributed by atoms with Crippen LogP contribution in [-0.4, -0.2) is 12.5 Å².